The number of methoxy groups -OCH3 is 1. The highest BCUT2D eigenvalue weighted by Crippen LogP contribution is 2.17. The lowest BCUT2D eigenvalue weighted by atomic mass is 10.3. The SMILES string of the molecule is COC[C@@H](C)Nc1ncccc1Cl. The molecule has 0 bridgehead atoms. The highest BCUT2D eigenvalue weighted by Gasteiger charge is 2.04. The number of anilines is 1. The molecular weight excluding hydrogens is 188 g/mol. The summed E-state index contributed by atoms with van der Waals surface area (Å²) in [6, 6.07) is 3.81. The summed E-state index contributed by atoms with van der Waals surface area (Å²) in [5, 5.41) is 3.77. The maximum Gasteiger partial charge on any atom is 0.145 e. The largest absolute Gasteiger partial charge is 0.383 e. The van der Waals surface area contributed by atoms with E-state index in [9.17, 15) is 0 Å². The number of nitrogens with one attached hydrogen (secondary N) is 1. The van der Waals surface area contributed by atoms with Gasteiger partial charge in [-0.3, -0.25) is 0 Å². The van der Waals surface area contributed by atoms with Crippen LogP contribution in [0.4, 0.5) is 5.82 Å². The number of ether oxygens (including phenoxy) is 1. The first-order valence-electron chi connectivity index (χ1n) is 4.10. The van der Waals surface area contributed by atoms with Crippen LogP contribution in [0.2, 0.25) is 5.02 Å². The molecule has 0 saturated carbocycles. The van der Waals surface area contributed by atoms with Crippen LogP contribution in [-0.4, -0.2) is 24.7 Å². The molecule has 0 fully saturated rings. The topological polar surface area (TPSA) is 34.1 Å². The van der Waals surface area contributed by atoms with Gasteiger partial charge in [-0.2, -0.15) is 0 Å². The molecule has 1 aromatic heterocycles. The second kappa shape index (κ2) is 5.04. The maximum atomic E-state index is 5.90. The lowest BCUT2D eigenvalue weighted by molar-refractivity contribution is 0.190. The van der Waals surface area contributed by atoms with E-state index in [1.165, 1.54) is 0 Å². The van der Waals surface area contributed by atoms with E-state index in [-0.39, 0.29) is 6.04 Å². The van der Waals surface area contributed by atoms with E-state index in [0.717, 1.165) is 0 Å². The molecule has 1 rings (SSSR count). The average Bonchev–Trinajstić information content (AvgIpc) is 2.09. The van der Waals surface area contributed by atoms with Gasteiger partial charge in [0, 0.05) is 19.3 Å². The third-order valence-corrected chi connectivity index (χ3v) is 1.86. The van der Waals surface area contributed by atoms with Crippen LogP contribution in [0.25, 0.3) is 0 Å². The van der Waals surface area contributed by atoms with E-state index in [1.807, 2.05) is 6.92 Å². The summed E-state index contributed by atoms with van der Waals surface area (Å²) < 4.78 is 4.98. The first kappa shape index (κ1) is 10.3. The molecule has 1 atom stereocenters. The molecule has 0 saturated heterocycles. The van der Waals surface area contributed by atoms with Crippen LogP contribution in [0.1, 0.15) is 6.92 Å². The minimum absolute atomic E-state index is 0.206. The summed E-state index contributed by atoms with van der Waals surface area (Å²) in [6.45, 7) is 2.64. The highest BCUT2D eigenvalue weighted by atomic mass is 35.5. The van der Waals surface area contributed by atoms with E-state index in [4.69, 9.17) is 16.3 Å². The average molecular weight is 201 g/mol. The first-order valence-corrected chi connectivity index (χ1v) is 4.48. The molecule has 72 valence electrons. The molecule has 1 N–H and O–H groups in total. The Bertz CT molecular complexity index is 268. The van der Waals surface area contributed by atoms with E-state index < -0.39 is 0 Å². The molecule has 0 spiro atoms. The minimum Gasteiger partial charge on any atom is -0.383 e. The fourth-order valence-corrected chi connectivity index (χ4v) is 1.19. The Balaban J connectivity index is 2.58. The van der Waals surface area contributed by atoms with Gasteiger partial charge in [0.05, 0.1) is 11.6 Å². The molecule has 0 aliphatic carbocycles. The smallest absolute Gasteiger partial charge is 0.145 e. The Morgan fingerprint density at radius 1 is 1.69 bits per heavy atom. The summed E-state index contributed by atoms with van der Waals surface area (Å²) in [6.07, 6.45) is 1.70. The summed E-state index contributed by atoms with van der Waals surface area (Å²) in [5.74, 6) is 0.703. The molecule has 0 amide bonds. The lowest BCUT2D eigenvalue weighted by Crippen LogP contribution is -2.21. The number of nitrogens with zero attached hydrogens (tertiary/aromatic N) is 1. The zero-order valence-electron chi connectivity index (χ0n) is 7.75. The molecule has 0 unspecified atom stereocenters. The fourth-order valence-electron chi connectivity index (χ4n) is 1.02. The third kappa shape index (κ3) is 3.20. The Morgan fingerprint density at radius 2 is 2.46 bits per heavy atom. The van der Waals surface area contributed by atoms with Gasteiger partial charge in [0.25, 0.3) is 0 Å². The molecule has 0 aromatic carbocycles. The summed E-state index contributed by atoms with van der Waals surface area (Å²) in [4.78, 5) is 4.10. The van der Waals surface area contributed by atoms with Gasteiger partial charge in [0.2, 0.25) is 0 Å². The van der Waals surface area contributed by atoms with E-state index in [1.54, 1.807) is 25.4 Å². The van der Waals surface area contributed by atoms with Gasteiger partial charge < -0.3 is 10.1 Å². The summed E-state index contributed by atoms with van der Waals surface area (Å²) in [7, 11) is 1.66. The van der Waals surface area contributed by atoms with E-state index in [0.29, 0.717) is 17.4 Å². The minimum atomic E-state index is 0.206. The van der Waals surface area contributed by atoms with Crippen molar-refractivity contribution in [1.82, 2.24) is 4.98 Å². The highest BCUT2D eigenvalue weighted by molar-refractivity contribution is 6.32. The normalized spacial score (nSPS) is 12.5. The van der Waals surface area contributed by atoms with Crippen molar-refractivity contribution in [1.29, 1.82) is 0 Å². The fraction of sp³-hybridized carbons (Fsp3) is 0.444. The van der Waals surface area contributed by atoms with Crippen molar-refractivity contribution in [2.24, 2.45) is 0 Å². The quantitative estimate of drug-likeness (QED) is 0.809. The van der Waals surface area contributed by atoms with Crippen LogP contribution in [-0.2, 0) is 4.74 Å². The van der Waals surface area contributed by atoms with Crippen molar-refractivity contribution in [2.75, 3.05) is 19.0 Å². The van der Waals surface area contributed by atoms with Crippen LogP contribution in [0.5, 0.6) is 0 Å². The lowest BCUT2D eigenvalue weighted by Gasteiger charge is -2.13. The second-order valence-corrected chi connectivity index (χ2v) is 3.24. The molecule has 3 nitrogen and oxygen atoms in total. The van der Waals surface area contributed by atoms with Gasteiger partial charge in [0.15, 0.2) is 0 Å². The van der Waals surface area contributed by atoms with Crippen LogP contribution in [0.15, 0.2) is 18.3 Å². The molecule has 13 heavy (non-hydrogen) atoms. The monoisotopic (exact) mass is 200 g/mol. The van der Waals surface area contributed by atoms with Crippen molar-refractivity contribution in [3.63, 3.8) is 0 Å². The second-order valence-electron chi connectivity index (χ2n) is 2.83. The van der Waals surface area contributed by atoms with Crippen LogP contribution < -0.4 is 5.32 Å². The third-order valence-electron chi connectivity index (χ3n) is 1.56. The van der Waals surface area contributed by atoms with Crippen LogP contribution in [0, 0.1) is 0 Å². The van der Waals surface area contributed by atoms with Crippen molar-refractivity contribution >= 4 is 17.4 Å². The zero-order chi connectivity index (χ0) is 9.68. The van der Waals surface area contributed by atoms with Gasteiger partial charge in [-0.25, -0.2) is 4.98 Å². The standard InChI is InChI=1S/C9H13ClN2O/c1-7(6-13-2)12-9-8(10)4-3-5-11-9/h3-5,7H,6H2,1-2H3,(H,11,12)/t7-/m1/s1. The van der Waals surface area contributed by atoms with Crippen molar-refractivity contribution in [3.8, 4) is 0 Å². The number of hydrogen-bond donors (Lipinski definition) is 1. The Morgan fingerprint density at radius 3 is 3.08 bits per heavy atom. The molecule has 0 aliphatic heterocycles. The van der Waals surface area contributed by atoms with Crippen LogP contribution >= 0.6 is 11.6 Å². The molecular formula is C9H13ClN2O. The number of rotatable bonds is 4. The predicted molar refractivity (Wildman–Crippen MR) is 54.2 cm³/mol. The van der Waals surface area contributed by atoms with Crippen LogP contribution in [0.3, 0.4) is 0 Å². The Kier molecular flexibility index (Phi) is 3.99. The number of pyridine rings is 1. The maximum absolute atomic E-state index is 5.90. The zero-order valence-corrected chi connectivity index (χ0v) is 8.51. The summed E-state index contributed by atoms with van der Waals surface area (Å²) in [5.41, 5.74) is 0. The molecule has 4 heteroatoms. The van der Waals surface area contributed by atoms with Gasteiger partial charge >= 0.3 is 0 Å². The number of halogens is 1. The van der Waals surface area contributed by atoms with Gasteiger partial charge in [-0.05, 0) is 19.1 Å². The van der Waals surface area contributed by atoms with E-state index in [2.05, 4.69) is 10.3 Å². The molecule has 0 radical (unpaired) electrons. The van der Waals surface area contributed by atoms with Crippen molar-refractivity contribution in [3.05, 3.63) is 23.4 Å². The molecule has 1 aromatic rings. The summed E-state index contributed by atoms with van der Waals surface area (Å²) >= 11 is 5.90. The predicted octanol–water partition coefficient (Wildman–Crippen LogP) is 2.18. The Hall–Kier alpha value is -0.800. The molecule has 0 aliphatic rings. The van der Waals surface area contributed by atoms with Crippen molar-refractivity contribution in [2.45, 2.75) is 13.0 Å². The van der Waals surface area contributed by atoms with Gasteiger partial charge in [-0.15, -0.1) is 0 Å². The van der Waals surface area contributed by atoms with E-state index >= 15 is 0 Å². The van der Waals surface area contributed by atoms with Gasteiger partial charge in [0.1, 0.15) is 5.82 Å². The molecule has 1 heterocycles. The number of aromatic nitrogens is 1. The van der Waals surface area contributed by atoms with Crippen molar-refractivity contribution < 1.29 is 4.74 Å². The number of hydrogen-bond acceptors (Lipinski definition) is 3. The Labute approximate surface area is 83.1 Å². The van der Waals surface area contributed by atoms with Gasteiger partial charge in [-0.1, -0.05) is 11.6 Å². The first-order chi connectivity index (χ1) is 6.24.